The van der Waals surface area contributed by atoms with Crippen LogP contribution in [-0.2, 0) is 7.05 Å². The molecule has 5 heteroatoms. The molecule has 4 nitrogen and oxygen atoms in total. The number of amides is 1. The molecule has 1 heterocycles. The van der Waals surface area contributed by atoms with E-state index in [9.17, 15) is 4.79 Å². The average molecular weight is 235 g/mol. The first-order chi connectivity index (χ1) is 7.50. The predicted octanol–water partition coefficient (Wildman–Crippen LogP) is 2.37. The molecule has 16 heavy (non-hydrogen) atoms. The van der Waals surface area contributed by atoms with Crippen LogP contribution in [0.4, 0.5) is 10.5 Å². The van der Waals surface area contributed by atoms with Gasteiger partial charge in [-0.1, -0.05) is 12.6 Å². The van der Waals surface area contributed by atoms with E-state index in [0.717, 1.165) is 22.5 Å². The maximum atomic E-state index is 11.1. The number of rotatable bonds is 1. The number of hydrogen-bond donors (Lipinski definition) is 1. The van der Waals surface area contributed by atoms with E-state index in [-0.39, 0.29) is 5.24 Å². The van der Waals surface area contributed by atoms with E-state index in [2.05, 4.69) is 17.6 Å². The minimum absolute atomic E-state index is 0.285. The van der Waals surface area contributed by atoms with E-state index >= 15 is 0 Å². The number of imidazole rings is 1. The van der Waals surface area contributed by atoms with Crippen molar-refractivity contribution in [3.05, 3.63) is 24.0 Å². The zero-order chi connectivity index (χ0) is 11.9. The monoisotopic (exact) mass is 235 g/mol. The standard InChI is InChI=1S/C11H13N3OS/c1-7-12-9-6-8(14(3)11(15)16)4-5-10(9)13(7)2/h4-6H,1-3H3,(H,15,16). The molecule has 0 atom stereocenters. The molecular weight excluding hydrogens is 222 g/mol. The second-order valence-electron chi connectivity index (χ2n) is 3.73. The lowest BCUT2D eigenvalue weighted by atomic mass is 10.2. The number of carbonyl (C=O) groups excluding carboxylic acids is 1. The Bertz CT molecular complexity index is 562. The molecule has 0 unspecified atom stereocenters. The third-order valence-corrected chi connectivity index (χ3v) is 3.06. The zero-order valence-electron chi connectivity index (χ0n) is 9.43. The lowest BCUT2D eigenvalue weighted by Crippen LogP contribution is -2.19. The van der Waals surface area contributed by atoms with Gasteiger partial charge in [-0.2, -0.15) is 0 Å². The van der Waals surface area contributed by atoms with E-state index in [1.165, 1.54) is 4.90 Å². The van der Waals surface area contributed by atoms with Crippen molar-refractivity contribution in [1.29, 1.82) is 0 Å². The molecule has 0 aliphatic carbocycles. The lowest BCUT2D eigenvalue weighted by Gasteiger charge is -2.13. The molecular formula is C11H13N3OS. The number of benzene rings is 1. The third-order valence-electron chi connectivity index (χ3n) is 2.76. The summed E-state index contributed by atoms with van der Waals surface area (Å²) >= 11 is 3.79. The molecule has 0 aliphatic heterocycles. The minimum atomic E-state index is -0.285. The van der Waals surface area contributed by atoms with Crippen molar-refractivity contribution in [1.82, 2.24) is 9.55 Å². The van der Waals surface area contributed by atoms with Crippen LogP contribution in [-0.4, -0.2) is 21.8 Å². The van der Waals surface area contributed by atoms with Crippen molar-refractivity contribution >= 4 is 34.6 Å². The molecule has 0 N–H and O–H groups in total. The number of fused-ring (bicyclic) bond motifs is 1. The summed E-state index contributed by atoms with van der Waals surface area (Å²) in [5.41, 5.74) is 2.74. The van der Waals surface area contributed by atoms with Crippen LogP contribution in [0.3, 0.4) is 0 Å². The molecule has 84 valence electrons. The number of nitrogens with zero attached hydrogens (tertiary/aromatic N) is 3. The van der Waals surface area contributed by atoms with Gasteiger partial charge in [0.05, 0.1) is 11.0 Å². The predicted molar refractivity (Wildman–Crippen MR) is 68.2 cm³/mol. The number of anilines is 1. The fourth-order valence-corrected chi connectivity index (χ4v) is 1.74. The second-order valence-corrected chi connectivity index (χ2v) is 4.12. The fourth-order valence-electron chi connectivity index (χ4n) is 1.63. The highest BCUT2D eigenvalue weighted by Gasteiger charge is 2.09. The number of aryl methyl sites for hydroxylation is 2. The Morgan fingerprint density at radius 2 is 2.19 bits per heavy atom. The van der Waals surface area contributed by atoms with Crippen LogP contribution in [0.25, 0.3) is 11.0 Å². The minimum Gasteiger partial charge on any atom is -0.331 e. The summed E-state index contributed by atoms with van der Waals surface area (Å²) in [6.07, 6.45) is 0. The van der Waals surface area contributed by atoms with Crippen LogP contribution >= 0.6 is 12.6 Å². The van der Waals surface area contributed by atoms with Gasteiger partial charge in [-0.15, -0.1) is 0 Å². The molecule has 0 saturated heterocycles. The van der Waals surface area contributed by atoms with Gasteiger partial charge in [0, 0.05) is 19.8 Å². The van der Waals surface area contributed by atoms with Gasteiger partial charge in [0.2, 0.25) is 0 Å². The molecule has 1 amide bonds. The Morgan fingerprint density at radius 1 is 1.50 bits per heavy atom. The quantitative estimate of drug-likeness (QED) is 0.771. The maximum absolute atomic E-state index is 11.1. The lowest BCUT2D eigenvalue weighted by molar-refractivity contribution is 0.266. The summed E-state index contributed by atoms with van der Waals surface area (Å²) in [5, 5.41) is -0.285. The molecule has 1 aromatic heterocycles. The van der Waals surface area contributed by atoms with Gasteiger partial charge in [-0.25, -0.2) is 4.98 Å². The Labute approximate surface area is 99.3 Å². The van der Waals surface area contributed by atoms with Crippen LogP contribution in [0, 0.1) is 6.92 Å². The van der Waals surface area contributed by atoms with E-state index in [1.807, 2.05) is 36.7 Å². The van der Waals surface area contributed by atoms with Crippen molar-refractivity contribution < 1.29 is 4.79 Å². The summed E-state index contributed by atoms with van der Waals surface area (Å²) < 4.78 is 2.02. The van der Waals surface area contributed by atoms with Gasteiger partial charge < -0.3 is 9.47 Å². The smallest absolute Gasteiger partial charge is 0.282 e. The summed E-state index contributed by atoms with van der Waals surface area (Å²) in [6, 6.07) is 5.73. The number of carbonyl (C=O) groups is 1. The van der Waals surface area contributed by atoms with E-state index in [1.54, 1.807) is 7.05 Å². The Morgan fingerprint density at radius 3 is 2.81 bits per heavy atom. The molecule has 1 aromatic carbocycles. The third kappa shape index (κ3) is 1.67. The van der Waals surface area contributed by atoms with Crippen molar-refractivity contribution in [3.63, 3.8) is 0 Å². The molecule has 0 bridgehead atoms. The number of hydrogen-bond acceptors (Lipinski definition) is 2. The summed E-state index contributed by atoms with van der Waals surface area (Å²) in [6.45, 7) is 1.95. The molecule has 0 fully saturated rings. The topological polar surface area (TPSA) is 38.1 Å². The van der Waals surface area contributed by atoms with Crippen LogP contribution < -0.4 is 4.90 Å². The molecule has 0 radical (unpaired) electrons. The average Bonchev–Trinajstić information content (AvgIpc) is 2.53. The van der Waals surface area contributed by atoms with Gasteiger partial charge in [0.1, 0.15) is 5.82 Å². The largest absolute Gasteiger partial charge is 0.331 e. The van der Waals surface area contributed by atoms with Gasteiger partial charge >= 0.3 is 0 Å². The summed E-state index contributed by atoms with van der Waals surface area (Å²) in [7, 11) is 3.66. The number of thiol groups is 1. The first kappa shape index (κ1) is 11.0. The maximum Gasteiger partial charge on any atom is 0.282 e. The SMILES string of the molecule is Cc1nc2cc(N(C)C(=O)S)ccc2n1C. The Hall–Kier alpha value is -1.49. The highest BCUT2D eigenvalue weighted by atomic mass is 32.1. The number of aromatic nitrogens is 2. The summed E-state index contributed by atoms with van der Waals surface area (Å²) in [4.78, 5) is 17.0. The van der Waals surface area contributed by atoms with Crippen LogP contribution in [0.1, 0.15) is 5.82 Å². The normalized spacial score (nSPS) is 10.8. The fraction of sp³-hybridized carbons (Fsp3) is 0.273. The molecule has 2 aromatic rings. The Balaban J connectivity index is 2.56. The van der Waals surface area contributed by atoms with E-state index in [0.29, 0.717) is 0 Å². The second kappa shape index (κ2) is 3.83. The van der Waals surface area contributed by atoms with Gasteiger partial charge in [0.25, 0.3) is 5.24 Å². The molecule has 0 saturated carbocycles. The zero-order valence-corrected chi connectivity index (χ0v) is 10.3. The molecule has 0 aliphatic rings. The van der Waals surface area contributed by atoms with Crippen LogP contribution in [0.2, 0.25) is 0 Å². The van der Waals surface area contributed by atoms with Crippen LogP contribution in [0.5, 0.6) is 0 Å². The van der Waals surface area contributed by atoms with Crippen LogP contribution in [0.15, 0.2) is 18.2 Å². The molecule has 0 spiro atoms. The van der Waals surface area contributed by atoms with Crippen molar-refractivity contribution in [3.8, 4) is 0 Å². The first-order valence-electron chi connectivity index (χ1n) is 4.90. The van der Waals surface area contributed by atoms with Gasteiger partial charge in [0.15, 0.2) is 0 Å². The first-order valence-corrected chi connectivity index (χ1v) is 5.35. The van der Waals surface area contributed by atoms with Crippen molar-refractivity contribution in [2.24, 2.45) is 7.05 Å². The van der Waals surface area contributed by atoms with Crippen molar-refractivity contribution in [2.75, 3.05) is 11.9 Å². The molecule has 2 rings (SSSR count). The van der Waals surface area contributed by atoms with E-state index in [4.69, 9.17) is 0 Å². The highest BCUT2D eigenvalue weighted by Crippen LogP contribution is 2.22. The van der Waals surface area contributed by atoms with Gasteiger partial charge in [-0.05, 0) is 25.1 Å². The van der Waals surface area contributed by atoms with E-state index < -0.39 is 0 Å². The van der Waals surface area contributed by atoms with Crippen molar-refractivity contribution in [2.45, 2.75) is 6.92 Å². The summed E-state index contributed by atoms with van der Waals surface area (Å²) in [5.74, 6) is 0.951. The highest BCUT2D eigenvalue weighted by molar-refractivity contribution is 7.96. The Kier molecular flexibility index (Phi) is 2.63. The van der Waals surface area contributed by atoms with Gasteiger partial charge in [-0.3, -0.25) is 4.79 Å².